The fourth-order valence-corrected chi connectivity index (χ4v) is 8.87. The van der Waals surface area contributed by atoms with Crippen LogP contribution in [-0.2, 0) is 9.59 Å². The van der Waals surface area contributed by atoms with Gasteiger partial charge in [0.1, 0.15) is 0 Å². The molecule has 2 amide bonds. The molecule has 1 saturated heterocycles. The van der Waals surface area contributed by atoms with Gasteiger partial charge in [0.2, 0.25) is 11.8 Å². The van der Waals surface area contributed by atoms with Crippen molar-refractivity contribution < 1.29 is 9.59 Å². The lowest BCUT2D eigenvalue weighted by Gasteiger charge is -2.62. The van der Waals surface area contributed by atoms with E-state index in [1.54, 1.807) is 0 Å². The highest BCUT2D eigenvalue weighted by Crippen LogP contribution is 2.65. The molecule has 3 aliphatic carbocycles. The van der Waals surface area contributed by atoms with Crippen molar-refractivity contribution in [2.45, 2.75) is 91.1 Å². The lowest BCUT2D eigenvalue weighted by atomic mass is 9.47. The summed E-state index contributed by atoms with van der Waals surface area (Å²) < 4.78 is 0. The average molecular weight is 451 g/mol. The summed E-state index contributed by atoms with van der Waals surface area (Å²) in [5, 5.41) is 0. The number of carbonyl (C=O) groups is 2. The van der Waals surface area contributed by atoms with E-state index in [0.29, 0.717) is 30.2 Å². The van der Waals surface area contributed by atoms with Gasteiger partial charge in [-0.25, -0.2) is 0 Å². The second-order valence-electron chi connectivity index (χ2n) is 12.3. The first kappa shape index (κ1) is 22.9. The van der Waals surface area contributed by atoms with E-state index < -0.39 is 0 Å². The number of para-hydroxylation sites is 1. The Hall–Kier alpha value is -1.84. The number of benzene rings is 1. The summed E-state index contributed by atoms with van der Waals surface area (Å²) in [6, 6.07) is 11.1. The van der Waals surface area contributed by atoms with Crippen LogP contribution in [0.3, 0.4) is 0 Å². The molecule has 4 nitrogen and oxygen atoms in total. The summed E-state index contributed by atoms with van der Waals surface area (Å²) in [7, 11) is 2.04. The molecule has 0 radical (unpaired) electrons. The van der Waals surface area contributed by atoms with Crippen molar-refractivity contribution in [1.82, 2.24) is 4.90 Å². The van der Waals surface area contributed by atoms with Crippen LogP contribution in [0.2, 0.25) is 0 Å². The van der Waals surface area contributed by atoms with Crippen molar-refractivity contribution >= 4 is 17.5 Å². The van der Waals surface area contributed by atoms with Gasteiger partial charge >= 0.3 is 0 Å². The van der Waals surface area contributed by atoms with Crippen molar-refractivity contribution in [3.63, 3.8) is 0 Å². The van der Waals surface area contributed by atoms with E-state index in [1.165, 1.54) is 25.7 Å². The smallest absolute Gasteiger partial charge is 0.229 e. The van der Waals surface area contributed by atoms with Crippen molar-refractivity contribution in [2.24, 2.45) is 34.5 Å². The van der Waals surface area contributed by atoms with Gasteiger partial charge in [0.15, 0.2) is 0 Å². The zero-order valence-electron chi connectivity index (χ0n) is 21.2. The van der Waals surface area contributed by atoms with Crippen molar-refractivity contribution in [3.8, 4) is 0 Å². The largest absolute Gasteiger partial charge is 0.342 e. The number of likely N-dealkylation sites (tertiary alicyclic amines) is 1. The van der Waals surface area contributed by atoms with Gasteiger partial charge in [-0.3, -0.25) is 9.59 Å². The zero-order valence-corrected chi connectivity index (χ0v) is 21.2. The van der Waals surface area contributed by atoms with Gasteiger partial charge in [0, 0.05) is 37.2 Å². The molecule has 33 heavy (non-hydrogen) atoms. The molecule has 1 aliphatic heterocycles. The van der Waals surface area contributed by atoms with Crippen molar-refractivity contribution in [2.75, 3.05) is 11.9 Å². The minimum Gasteiger partial charge on any atom is -0.342 e. The molecule has 0 bridgehead atoms. The number of anilines is 1. The molecule has 0 aromatic heterocycles. The van der Waals surface area contributed by atoms with E-state index >= 15 is 0 Å². The summed E-state index contributed by atoms with van der Waals surface area (Å²) in [5.41, 5.74) is 1.48. The second kappa shape index (κ2) is 8.13. The first-order chi connectivity index (χ1) is 15.7. The highest BCUT2D eigenvalue weighted by molar-refractivity contribution is 5.95. The number of hydrogen-bond acceptors (Lipinski definition) is 2. The SMILES string of the molecule is CC(C)C(=O)N(c1ccccc1)[C@H]1CCC2C3CC[C@H]4N(C)C(=O)CC[C@]4(C)C3CC[C@@]21C. The van der Waals surface area contributed by atoms with E-state index in [0.717, 1.165) is 30.9 Å². The first-order valence-electron chi connectivity index (χ1n) is 13.3. The summed E-state index contributed by atoms with van der Waals surface area (Å²) in [6.07, 6.45) is 8.91. The lowest BCUT2D eigenvalue weighted by Crippen LogP contribution is -2.62. The maximum atomic E-state index is 13.5. The highest BCUT2D eigenvalue weighted by atomic mass is 16.2. The maximum Gasteiger partial charge on any atom is 0.229 e. The predicted molar refractivity (Wildman–Crippen MR) is 133 cm³/mol. The third-order valence-corrected chi connectivity index (χ3v) is 10.6. The van der Waals surface area contributed by atoms with E-state index in [1.807, 2.05) is 27.0 Å². The van der Waals surface area contributed by atoms with Gasteiger partial charge in [-0.2, -0.15) is 0 Å². The summed E-state index contributed by atoms with van der Waals surface area (Å²) in [4.78, 5) is 30.2. The summed E-state index contributed by atoms with van der Waals surface area (Å²) in [6.45, 7) is 9.06. The minimum absolute atomic E-state index is 0.00569. The number of hydrogen-bond donors (Lipinski definition) is 0. The summed E-state index contributed by atoms with van der Waals surface area (Å²) in [5.74, 6) is 2.70. The van der Waals surface area contributed by atoms with Crippen molar-refractivity contribution in [3.05, 3.63) is 30.3 Å². The van der Waals surface area contributed by atoms with Crippen LogP contribution in [-0.4, -0.2) is 35.8 Å². The Balaban J connectivity index is 1.46. The van der Waals surface area contributed by atoms with Gasteiger partial charge in [0.05, 0.1) is 0 Å². The van der Waals surface area contributed by atoms with Crippen LogP contribution >= 0.6 is 0 Å². The minimum atomic E-state index is -0.00569. The highest BCUT2D eigenvalue weighted by Gasteiger charge is 2.62. The Morgan fingerprint density at radius 2 is 1.67 bits per heavy atom. The maximum absolute atomic E-state index is 13.5. The third kappa shape index (κ3) is 3.38. The van der Waals surface area contributed by atoms with Gasteiger partial charge in [-0.15, -0.1) is 0 Å². The lowest BCUT2D eigenvalue weighted by molar-refractivity contribution is -0.157. The topological polar surface area (TPSA) is 40.6 Å². The molecule has 5 rings (SSSR count). The Bertz CT molecular complexity index is 913. The molecule has 4 fully saturated rings. The first-order valence-corrected chi connectivity index (χ1v) is 13.3. The number of amides is 2. The molecule has 3 saturated carbocycles. The standard InChI is InChI=1S/C29H42N2O2/c1-19(2)27(33)31(20-9-7-6-8-10-20)25-14-12-22-21-11-13-24-28(3,18-16-26(32)30(24)5)23(21)15-17-29(22,25)4/h6-10,19,21-25H,11-18H2,1-5H3/t21?,22?,23?,24-,25+,28-,29+/m1/s1. The molecule has 0 N–H and O–H groups in total. The van der Waals surface area contributed by atoms with Crippen LogP contribution in [0.1, 0.15) is 79.1 Å². The number of carbonyl (C=O) groups excluding carboxylic acids is 2. The van der Waals surface area contributed by atoms with Crippen molar-refractivity contribution in [1.29, 1.82) is 0 Å². The van der Waals surface area contributed by atoms with Crippen LogP contribution in [0, 0.1) is 34.5 Å². The van der Waals surface area contributed by atoms with E-state index in [4.69, 9.17) is 0 Å². The van der Waals surface area contributed by atoms with Gasteiger partial charge in [-0.1, -0.05) is 45.9 Å². The molecule has 4 heteroatoms. The van der Waals surface area contributed by atoms with Gasteiger partial charge in [-0.05, 0) is 85.7 Å². The molecule has 1 aromatic rings. The second-order valence-corrected chi connectivity index (χ2v) is 12.3. The Labute approximate surface area is 200 Å². The number of rotatable bonds is 3. The number of nitrogens with zero attached hydrogens (tertiary/aromatic N) is 2. The third-order valence-electron chi connectivity index (χ3n) is 10.6. The van der Waals surface area contributed by atoms with Gasteiger partial charge < -0.3 is 9.80 Å². The van der Waals surface area contributed by atoms with Crippen LogP contribution in [0.5, 0.6) is 0 Å². The van der Waals surface area contributed by atoms with E-state index in [2.05, 4.69) is 47.9 Å². The fourth-order valence-electron chi connectivity index (χ4n) is 8.87. The molecule has 7 atom stereocenters. The molecule has 1 heterocycles. The molecule has 4 aliphatic rings. The Morgan fingerprint density at radius 3 is 2.36 bits per heavy atom. The normalized spacial score (nSPS) is 40.2. The van der Waals surface area contributed by atoms with E-state index in [9.17, 15) is 9.59 Å². The predicted octanol–water partition coefficient (Wildman–Crippen LogP) is 5.91. The molecule has 180 valence electrons. The van der Waals surface area contributed by atoms with Crippen LogP contribution in [0.15, 0.2) is 30.3 Å². The average Bonchev–Trinajstić information content (AvgIpc) is 3.14. The quantitative estimate of drug-likeness (QED) is 0.574. The van der Waals surface area contributed by atoms with Crippen LogP contribution in [0.4, 0.5) is 5.69 Å². The Morgan fingerprint density at radius 1 is 0.970 bits per heavy atom. The molecule has 1 aromatic carbocycles. The number of piperidine rings is 1. The number of fused-ring (bicyclic) bond motifs is 5. The Kier molecular flexibility index (Phi) is 5.65. The van der Waals surface area contributed by atoms with Gasteiger partial charge in [0.25, 0.3) is 0 Å². The van der Waals surface area contributed by atoms with Crippen LogP contribution < -0.4 is 4.90 Å². The van der Waals surface area contributed by atoms with Crippen LogP contribution in [0.25, 0.3) is 0 Å². The molecule has 0 spiro atoms. The van der Waals surface area contributed by atoms with E-state index in [-0.39, 0.29) is 28.7 Å². The summed E-state index contributed by atoms with van der Waals surface area (Å²) >= 11 is 0. The zero-order chi connectivity index (χ0) is 23.5. The molecular weight excluding hydrogens is 408 g/mol. The molecule has 3 unspecified atom stereocenters. The monoisotopic (exact) mass is 450 g/mol. The molecular formula is C29H42N2O2. The fraction of sp³-hybridized carbons (Fsp3) is 0.724.